The average molecular weight is 277 g/mol. The van der Waals surface area contributed by atoms with Gasteiger partial charge in [-0.05, 0) is 17.5 Å². The lowest BCUT2D eigenvalue weighted by Crippen LogP contribution is -2.00. The Balaban J connectivity index is 2.49. The van der Waals surface area contributed by atoms with Crippen LogP contribution in [-0.2, 0) is 4.74 Å². The molecule has 2 aromatic rings. The van der Waals surface area contributed by atoms with Crippen molar-refractivity contribution in [3.63, 3.8) is 0 Å². The lowest BCUT2D eigenvalue weighted by Gasteiger charge is -2.06. The van der Waals surface area contributed by atoms with Gasteiger partial charge in [0.2, 0.25) is 0 Å². The predicted octanol–water partition coefficient (Wildman–Crippen LogP) is 2.50. The number of carboxylic acid groups (broad SMARTS) is 1. The minimum atomic E-state index is -1.14. The second-order valence-electron chi connectivity index (χ2n) is 4.00. The summed E-state index contributed by atoms with van der Waals surface area (Å²) >= 11 is 6.08. The number of carbonyl (C=O) groups excluding carboxylic acids is 2. The highest BCUT2D eigenvalue weighted by atomic mass is 35.5. The van der Waals surface area contributed by atoms with Gasteiger partial charge in [0.25, 0.3) is 0 Å². The minimum absolute atomic E-state index is 0.00352. The minimum Gasteiger partial charge on any atom is -0.478 e. The first-order chi connectivity index (χ1) is 9.00. The molecule has 1 N–H and O–H groups in total. The quantitative estimate of drug-likeness (QED) is 0.639. The van der Waals surface area contributed by atoms with Gasteiger partial charge in [-0.2, -0.15) is 0 Å². The first-order valence-electron chi connectivity index (χ1n) is 5.25. The van der Waals surface area contributed by atoms with E-state index in [1.54, 1.807) is 6.07 Å². The van der Waals surface area contributed by atoms with Crippen LogP contribution in [0.5, 0.6) is 0 Å². The number of hydrogen-bond donors (Lipinski definition) is 1. The molecule has 5 nitrogen and oxygen atoms in total. The molecule has 0 radical (unpaired) electrons. The van der Waals surface area contributed by atoms with Crippen LogP contribution in [0.15, 0.2) is 24.3 Å². The lowest BCUT2D eigenvalue weighted by molar-refractivity contribution is 0.0443. The number of fused-ring (bicyclic) bond motifs is 2. The summed E-state index contributed by atoms with van der Waals surface area (Å²) in [5.74, 6) is -2.77. The van der Waals surface area contributed by atoms with Crippen LogP contribution in [0.25, 0.3) is 10.8 Å². The van der Waals surface area contributed by atoms with Crippen LogP contribution < -0.4 is 0 Å². The van der Waals surface area contributed by atoms with Gasteiger partial charge < -0.3 is 9.84 Å². The fourth-order valence-electron chi connectivity index (χ4n) is 2.12. The van der Waals surface area contributed by atoms with Crippen LogP contribution in [0.1, 0.15) is 31.1 Å². The maximum atomic E-state index is 11.5. The summed E-state index contributed by atoms with van der Waals surface area (Å²) in [5.41, 5.74) is -0.00717. The number of carbonyl (C=O) groups is 3. The normalized spacial score (nSPS) is 13.5. The highest BCUT2D eigenvalue weighted by Gasteiger charge is 2.33. The number of rotatable bonds is 1. The Labute approximate surface area is 111 Å². The Bertz CT molecular complexity index is 778. The van der Waals surface area contributed by atoms with Gasteiger partial charge in [-0.3, -0.25) is 0 Å². The molecule has 0 aliphatic carbocycles. The Hall–Kier alpha value is -2.40. The molecule has 1 heterocycles. The number of benzene rings is 2. The molecule has 19 heavy (non-hydrogen) atoms. The molecule has 0 saturated carbocycles. The van der Waals surface area contributed by atoms with Crippen molar-refractivity contribution in [2.75, 3.05) is 0 Å². The summed E-state index contributed by atoms with van der Waals surface area (Å²) in [6, 6.07) is 5.83. The van der Waals surface area contributed by atoms with Crippen LogP contribution in [-0.4, -0.2) is 23.0 Å². The van der Waals surface area contributed by atoms with Crippen molar-refractivity contribution in [1.82, 2.24) is 0 Å². The van der Waals surface area contributed by atoms with Crippen LogP contribution in [0, 0.1) is 0 Å². The third kappa shape index (κ3) is 1.52. The lowest BCUT2D eigenvalue weighted by atomic mass is 9.98. The van der Waals surface area contributed by atoms with E-state index in [0.29, 0.717) is 10.8 Å². The standard InChI is InChI=1S/C13H5ClO5/c14-10-5-2-1-3-6(11(15)16)7(5)4-8-9(10)13(18)19-12(8)17/h1-4H,(H,15,16). The molecule has 0 atom stereocenters. The molecule has 2 aromatic carbocycles. The number of hydrogen-bond acceptors (Lipinski definition) is 4. The molecule has 1 aliphatic rings. The third-order valence-electron chi connectivity index (χ3n) is 2.96. The maximum Gasteiger partial charge on any atom is 0.348 e. The Morgan fingerprint density at radius 3 is 2.58 bits per heavy atom. The van der Waals surface area contributed by atoms with E-state index in [1.165, 1.54) is 18.2 Å². The molecule has 0 spiro atoms. The van der Waals surface area contributed by atoms with E-state index in [4.69, 9.17) is 16.7 Å². The van der Waals surface area contributed by atoms with Crippen molar-refractivity contribution in [1.29, 1.82) is 0 Å². The third-order valence-corrected chi connectivity index (χ3v) is 3.35. The average Bonchev–Trinajstić information content (AvgIpc) is 2.64. The van der Waals surface area contributed by atoms with Crippen molar-refractivity contribution >= 4 is 40.3 Å². The second kappa shape index (κ2) is 3.80. The van der Waals surface area contributed by atoms with Crippen molar-refractivity contribution in [2.45, 2.75) is 0 Å². The summed E-state index contributed by atoms with van der Waals surface area (Å²) in [6.07, 6.45) is 0. The SMILES string of the molecule is O=C1OC(=O)c2c1cc1c(C(=O)O)cccc1c2Cl. The van der Waals surface area contributed by atoms with E-state index < -0.39 is 17.9 Å². The molecular formula is C13H5ClO5. The number of esters is 2. The Kier molecular flexibility index (Phi) is 2.33. The number of cyclic esters (lactones) is 2. The zero-order chi connectivity index (χ0) is 13.7. The second-order valence-corrected chi connectivity index (χ2v) is 4.37. The molecule has 94 valence electrons. The van der Waals surface area contributed by atoms with E-state index in [0.717, 1.165) is 0 Å². The van der Waals surface area contributed by atoms with Crippen LogP contribution >= 0.6 is 11.6 Å². The molecule has 0 amide bonds. The van der Waals surface area contributed by atoms with Gasteiger partial charge in [0.1, 0.15) is 0 Å². The van der Waals surface area contributed by atoms with Crippen LogP contribution in [0.2, 0.25) is 5.02 Å². The van der Waals surface area contributed by atoms with E-state index in [2.05, 4.69) is 4.74 Å². The summed E-state index contributed by atoms with van der Waals surface area (Å²) in [4.78, 5) is 34.2. The van der Waals surface area contributed by atoms with E-state index >= 15 is 0 Å². The zero-order valence-corrected chi connectivity index (χ0v) is 10.0. The van der Waals surface area contributed by atoms with Crippen LogP contribution in [0.4, 0.5) is 0 Å². The van der Waals surface area contributed by atoms with Gasteiger partial charge in [-0.15, -0.1) is 0 Å². The molecule has 0 bridgehead atoms. The summed E-state index contributed by atoms with van der Waals surface area (Å²) < 4.78 is 4.47. The highest BCUT2D eigenvalue weighted by Crippen LogP contribution is 2.35. The van der Waals surface area contributed by atoms with Gasteiger partial charge in [0.15, 0.2) is 0 Å². The van der Waals surface area contributed by atoms with E-state index in [1.807, 2.05) is 0 Å². The summed E-state index contributed by atoms with van der Waals surface area (Å²) in [6.45, 7) is 0. The van der Waals surface area contributed by atoms with Gasteiger partial charge in [0, 0.05) is 5.39 Å². The van der Waals surface area contributed by atoms with Crippen molar-refractivity contribution in [3.8, 4) is 0 Å². The maximum absolute atomic E-state index is 11.5. The monoisotopic (exact) mass is 276 g/mol. The molecular weight excluding hydrogens is 272 g/mol. The fraction of sp³-hybridized carbons (Fsp3) is 0. The largest absolute Gasteiger partial charge is 0.478 e. The molecule has 1 aliphatic heterocycles. The highest BCUT2D eigenvalue weighted by molar-refractivity contribution is 6.41. The summed E-state index contributed by atoms with van der Waals surface area (Å²) in [7, 11) is 0. The topological polar surface area (TPSA) is 80.7 Å². The smallest absolute Gasteiger partial charge is 0.348 e. The van der Waals surface area contributed by atoms with Gasteiger partial charge >= 0.3 is 17.9 Å². The van der Waals surface area contributed by atoms with Gasteiger partial charge in [0.05, 0.1) is 21.7 Å². The molecule has 0 fully saturated rings. The van der Waals surface area contributed by atoms with Gasteiger partial charge in [-0.25, -0.2) is 14.4 Å². The first kappa shape index (κ1) is 11.7. The van der Waals surface area contributed by atoms with Crippen molar-refractivity contribution < 1.29 is 24.2 Å². The van der Waals surface area contributed by atoms with Gasteiger partial charge in [-0.1, -0.05) is 23.7 Å². The summed E-state index contributed by atoms with van der Waals surface area (Å²) in [5, 5.41) is 9.84. The zero-order valence-electron chi connectivity index (χ0n) is 9.27. The number of carboxylic acids is 1. The van der Waals surface area contributed by atoms with Crippen molar-refractivity contribution in [3.05, 3.63) is 46.0 Å². The first-order valence-corrected chi connectivity index (χ1v) is 5.63. The molecule has 0 saturated heterocycles. The number of aromatic carboxylic acids is 1. The number of ether oxygens (including phenoxy) is 1. The van der Waals surface area contributed by atoms with E-state index in [-0.39, 0.29) is 21.7 Å². The number of halogens is 1. The van der Waals surface area contributed by atoms with Crippen LogP contribution in [0.3, 0.4) is 0 Å². The predicted molar refractivity (Wildman–Crippen MR) is 65.7 cm³/mol. The Morgan fingerprint density at radius 2 is 1.89 bits per heavy atom. The Morgan fingerprint density at radius 1 is 1.16 bits per heavy atom. The van der Waals surface area contributed by atoms with Crippen molar-refractivity contribution in [2.24, 2.45) is 0 Å². The molecule has 6 heteroatoms. The van der Waals surface area contributed by atoms with E-state index in [9.17, 15) is 14.4 Å². The molecule has 0 aromatic heterocycles. The molecule has 0 unspecified atom stereocenters. The molecule has 3 rings (SSSR count). The fourth-order valence-corrected chi connectivity index (χ4v) is 2.46.